The van der Waals surface area contributed by atoms with Crippen LogP contribution in [0, 0.1) is 5.41 Å². The van der Waals surface area contributed by atoms with Crippen LogP contribution in [0.15, 0.2) is 24.3 Å². The molecule has 0 atom stereocenters. The molecule has 1 saturated carbocycles. The van der Waals surface area contributed by atoms with Gasteiger partial charge in [-0.25, -0.2) is 0 Å². The summed E-state index contributed by atoms with van der Waals surface area (Å²) in [4.78, 5) is 12.2. The van der Waals surface area contributed by atoms with Crippen molar-refractivity contribution in [2.45, 2.75) is 45.1 Å². The minimum Gasteiger partial charge on any atom is -0.496 e. The summed E-state index contributed by atoms with van der Waals surface area (Å²) in [5.74, 6) is 0.900. The van der Waals surface area contributed by atoms with Crippen LogP contribution >= 0.6 is 12.4 Å². The molecule has 22 heavy (non-hydrogen) atoms. The Morgan fingerprint density at radius 3 is 2.59 bits per heavy atom. The number of ether oxygens (including phenoxy) is 1. The quantitative estimate of drug-likeness (QED) is 0.844. The summed E-state index contributed by atoms with van der Waals surface area (Å²) < 4.78 is 5.30. The molecule has 3 N–H and O–H groups in total. The number of nitrogens with one attached hydrogen (secondary N) is 1. The molecule has 124 valence electrons. The second-order valence-corrected chi connectivity index (χ2v) is 6.03. The third-order valence-corrected chi connectivity index (χ3v) is 4.55. The second-order valence-electron chi connectivity index (χ2n) is 6.03. The van der Waals surface area contributed by atoms with Crippen LogP contribution in [0.1, 0.15) is 44.1 Å². The zero-order valence-corrected chi connectivity index (χ0v) is 14.1. The van der Waals surface area contributed by atoms with E-state index in [9.17, 15) is 4.79 Å². The molecule has 2 rings (SSSR count). The normalized spacial score (nSPS) is 16.5. The predicted octanol–water partition coefficient (Wildman–Crippen LogP) is 3.03. The lowest BCUT2D eigenvalue weighted by Gasteiger charge is -2.35. The van der Waals surface area contributed by atoms with E-state index in [-0.39, 0.29) is 23.7 Å². The third-order valence-electron chi connectivity index (χ3n) is 4.55. The van der Waals surface area contributed by atoms with E-state index in [1.54, 1.807) is 7.11 Å². The van der Waals surface area contributed by atoms with Gasteiger partial charge in [0, 0.05) is 18.5 Å². The van der Waals surface area contributed by atoms with E-state index in [1.165, 1.54) is 19.3 Å². The van der Waals surface area contributed by atoms with Crippen molar-refractivity contribution in [3.63, 3.8) is 0 Å². The molecular weight excluding hydrogens is 300 g/mol. The van der Waals surface area contributed by atoms with Crippen LogP contribution in [0.3, 0.4) is 0 Å². The molecule has 1 amide bonds. The van der Waals surface area contributed by atoms with Gasteiger partial charge in [0.1, 0.15) is 5.75 Å². The summed E-state index contributed by atoms with van der Waals surface area (Å²) >= 11 is 0. The van der Waals surface area contributed by atoms with Gasteiger partial charge >= 0.3 is 0 Å². The molecule has 1 fully saturated rings. The highest BCUT2D eigenvalue weighted by Gasteiger charge is 2.32. The molecule has 0 bridgehead atoms. The predicted molar refractivity (Wildman–Crippen MR) is 91.3 cm³/mol. The number of methoxy groups -OCH3 is 1. The first-order valence-electron chi connectivity index (χ1n) is 7.78. The van der Waals surface area contributed by atoms with Gasteiger partial charge in [-0.05, 0) is 30.9 Å². The number of hydrogen-bond acceptors (Lipinski definition) is 3. The minimum atomic E-state index is 0. The van der Waals surface area contributed by atoms with Crippen molar-refractivity contribution >= 4 is 18.3 Å². The van der Waals surface area contributed by atoms with E-state index >= 15 is 0 Å². The topological polar surface area (TPSA) is 64.3 Å². The van der Waals surface area contributed by atoms with Gasteiger partial charge in [-0.2, -0.15) is 0 Å². The van der Waals surface area contributed by atoms with Gasteiger partial charge in [-0.3, -0.25) is 4.79 Å². The van der Waals surface area contributed by atoms with E-state index in [1.807, 2.05) is 24.3 Å². The molecule has 1 aliphatic carbocycles. The Morgan fingerprint density at radius 1 is 1.27 bits per heavy atom. The highest BCUT2D eigenvalue weighted by molar-refractivity contribution is 5.85. The lowest BCUT2D eigenvalue weighted by atomic mass is 9.71. The molecule has 0 spiro atoms. The van der Waals surface area contributed by atoms with Crippen molar-refractivity contribution in [1.29, 1.82) is 0 Å². The van der Waals surface area contributed by atoms with Crippen LogP contribution in [0.25, 0.3) is 0 Å². The van der Waals surface area contributed by atoms with Crippen molar-refractivity contribution in [2.75, 3.05) is 13.7 Å². The highest BCUT2D eigenvalue weighted by Crippen LogP contribution is 2.38. The van der Waals surface area contributed by atoms with E-state index in [0.29, 0.717) is 19.5 Å². The number of hydrogen-bond donors (Lipinski definition) is 2. The molecule has 1 aliphatic rings. The highest BCUT2D eigenvalue weighted by atomic mass is 35.5. The van der Waals surface area contributed by atoms with Crippen LogP contribution in [0.2, 0.25) is 0 Å². The fraction of sp³-hybridized carbons (Fsp3) is 0.588. The van der Waals surface area contributed by atoms with Gasteiger partial charge in [0.2, 0.25) is 5.91 Å². The molecule has 0 saturated heterocycles. The summed E-state index contributed by atoms with van der Waals surface area (Å²) in [7, 11) is 1.64. The zero-order chi connectivity index (χ0) is 15.1. The average Bonchev–Trinajstić information content (AvgIpc) is 2.54. The Morgan fingerprint density at radius 2 is 1.95 bits per heavy atom. The molecule has 5 heteroatoms. The Kier molecular flexibility index (Phi) is 7.69. The van der Waals surface area contributed by atoms with Crippen molar-refractivity contribution in [3.8, 4) is 5.75 Å². The number of para-hydroxylation sites is 1. The number of carbonyl (C=O) groups is 1. The first-order chi connectivity index (χ1) is 10.2. The maximum atomic E-state index is 12.2. The van der Waals surface area contributed by atoms with E-state index in [4.69, 9.17) is 10.5 Å². The number of rotatable bonds is 6. The molecule has 4 nitrogen and oxygen atoms in total. The molecule has 1 aromatic rings. The summed E-state index contributed by atoms with van der Waals surface area (Å²) in [6.07, 6.45) is 6.34. The van der Waals surface area contributed by atoms with Crippen molar-refractivity contribution < 1.29 is 9.53 Å². The fourth-order valence-corrected chi connectivity index (χ4v) is 3.20. The van der Waals surface area contributed by atoms with Crippen molar-refractivity contribution in [1.82, 2.24) is 5.32 Å². The fourth-order valence-electron chi connectivity index (χ4n) is 3.20. The van der Waals surface area contributed by atoms with E-state index in [2.05, 4.69) is 5.32 Å². The Balaban J connectivity index is 0.00000242. The van der Waals surface area contributed by atoms with E-state index < -0.39 is 0 Å². The summed E-state index contributed by atoms with van der Waals surface area (Å²) in [6.45, 7) is 1.11. The zero-order valence-electron chi connectivity index (χ0n) is 13.3. The summed E-state index contributed by atoms with van der Waals surface area (Å²) in [6, 6.07) is 7.75. The molecule has 0 heterocycles. The molecule has 0 aromatic heterocycles. The number of halogens is 1. The van der Waals surface area contributed by atoms with Crippen LogP contribution in [-0.2, 0) is 11.3 Å². The van der Waals surface area contributed by atoms with Gasteiger partial charge in [-0.15, -0.1) is 12.4 Å². The minimum absolute atomic E-state index is 0. The number of benzene rings is 1. The van der Waals surface area contributed by atoms with Gasteiger partial charge in [0.15, 0.2) is 0 Å². The van der Waals surface area contributed by atoms with Crippen LogP contribution in [0.4, 0.5) is 0 Å². The maximum Gasteiger partial charge on any atom is 0.220 e. The van der Waals surface area contributed by atoms with E-state index in [0.717, 1.165) is 24.2 Å². The SMILES string of the molecule is COc1ccccc1CNC(=O)CC1(CN)CCCCC1.Cl. The Labute approximate surface area is 139 Å². The largest absolute Gasteiger partial charge is 0.496 e. The van der Waals surface area contributed by atoms with Gasteiger partial charge in [-0.1, -0.05) is 37.5 Å². The summed E-state index contributed by atoms with van der Waals surface area (Å²) in [5.41, 5.74) is 6.96. The summed E-state index contributed by atoms with van der Waals surface area (Å²) in [5, 5.41) is 3.01. The molecule has 1 aromatic carbocycles. The number of nitrogens with two attached hydrogens (primary N) is 1. The van der Waals surface area contributed by atoms with Gasteiger partial charge in [0.05, 0.1) is 7.11 Å². The Bertz CT molecular complexity index is 473. The maximum absolute atomic E-state index is 12.2. The van der Waals surface area contributed by atoms with Gasteiger partial charge in [0.25, 0.3) is 0 Å². The lowest BCUT2D eigenvalue weighted by Crippen LogP contribution is -2.38. The molecule has 0 unspecified atom stereocenters. The molecule has 0 radical (unpaired) electrons. The smallest absolute Gasteiger partial charge is 0.220 e. The number of carbonyl (C=O) groups excluding carboxylic acids is 1. The van der Waals surface area contributed by atoms with Crippen molar-refractivity contribution in [3.05, 3.63) is 29.8 Å². The molecular formula is C17H27ClN2O2. The first-order valence-corrected chi connectivity index (χ1v) is 7.78. The van der Waals surface area contributed by atoms with Crippen LogP contribution < -0.4 is 15.8 Å². The monoisotopic (exact) mass is 326 g/mol. The molecule has 0 aliphatic heterocycles. The average molecular weight is 327 g/mol. The first kappa shape index (κ1) is 18.8. The van der Waals surface area contributed by atoms with Crippen LogP contribution in [-0.4, -0.2) is 19.6 Å². The Hall–Kier alpha value is -1.26. The lowest BCUT2D eigenvalue weighted by molar-refractivity contribution is -0.124. The van der Waals surface area contributed by atoms with Crippen molar-refractivity contribution in [2.24, 2.45) is 11.1 Å². The third kappa shape index (κ3) is 4.89. The van der Waals surface area contributed by atoms with Crippen LogP contribution in [0.5, 0.6) is 5.75 Å². The van der Waals surface area contributed by atoms with Gasteiger partial charge < -0.3 is 15.8 Å². The second kappa shape index (κ2) is 9.01. The number of amides is 1. The standard InChI is InChI=1S/C17H26N2O2.ClH/c1-21-15-8-4-3-7-14(15)12-19-16(20)11-17(13-18)9-5-2-6-10-17;/h3-4,7-8H,2,5-6,9-13,18H2,1H3,(H,19,20);1H.